The van der Waals surface area contributed by atoms with E-state index in [4.69, 9.17) is 23.2 Å². The van der Waals surface area contributed by atoms with Crippen LogP contribution in [0.4, 0.5) is 0 Å². The first-order valence-corrected chi connectivity index (χ1v) is 8.86. The average molecular weight is 368 g/mol. The highest BCUT2D eigenvalue weighted by molar-refractivity contribution is 7.99. The van der Waals surface area contributed by atoms with Gasteiger partial charge in [-0.2, -0.15) is 0 Å². The molecule has 0 aromatic heterocycles. The molecule has 4 nitrogen and oxygen atoms in total. The van der Waals surface area contributed by atoms with E-state index in [9.17, 15) is 4.79 Å². The lowest BCUT2D eigenvalue weighted by Gasteiger charge is -2.31. The van der Waals surface area contributed by atoms with Crippen LogP contribution in [0.15, 0.2) is 48.5 Å². The number of thioether (sulfide) groups is 1. The molecule has 1 fully saturated rings. The topological polar surface area (TPSA) is 53.2 Å². The number of amides is 1. The number of hydrazine groups is 1. The number of benzene rings is 2. The minimum atomic E-state index is -0.396. The summed E-state index contributed by atoms with van der Waals surface area (Å²) >= 11 is 13.6. The van der Waals surface area contributed by atoms with Crippen molar-refractivity contribution in [1.82, 2.24) is 16.2 Å². The van der Waals surface area contributed by atoms with Crippen molar-refractivity contribution in [3.8, 4) is 0 Å². The molecule has 2 unspecified atom stereocenters. The van der Waals surface area contributed by atoms with Gasteiger partial charge in [-0.3, -0.25) is 4.79 Å². The van der Waals surface area contributed by atoms with Crippen molar-refractivity contribution in [3.05, 3.63) is 69.7 Å². The second kappa shape index (κ2) is 7.55. The first-order chi connectivity index (χ1) is 11.1. The Balaban J connectivity index is 1.57. The highest BCUT2D eigenvalue weighted by atomic mass is 35.5. The minimum absolute atomic E-state index is 0.0605. The Hall–Kier alpha value is -1.24. The van der Waals surface area contributed by atoms with E-state index < -0.39 is 6.04 Å². The molecule has 3 rings (SSSR count). The number of carbonyl (C=O) groups excluding carboxylic acids is 1. The van der Waals surface area contributed by atoms with Gasteiger partial charge < -0.3 is 5.32 Å². The zero-order chi connectivity index (χ0) is 16.2. The number of rotatable bonds is 4. The minimum Gasteiger partial charge on any atom is -0.329 e. The summed E-state index contributed by atoms with van der Waals surface area (Å²) in [5.41, 5.74) is 7.83. The molecule has 7 heteroatoms. The predicted molar refractivity (Wildman–Crippen MR) is 95.1 cm³/mol. The van der Waals surface area contributed by atoms with Crippen molar-refractivity contribution in [2.75, 3.05) is 0 Å². The van der Waals surface area contributed by atoms with Crippen LogP contribution < -0.4 is 16.2 Å². The van der Waals surface area contributed by atoms with Crippen LogP contribution in [-0.2, 0) is 10.5 Å². The maximum atomic E-state index is 12.3. The number of hydrogen-bond acceptors (Lipinski definition) is 4. The molecule has 120 valence electrons. The Bertz CT molecular complexity index is 699. The number of halogens is 2. The summed E-state index contributed by atoms with van der Waals surface area (Å²) in [5, 5.41) is 4.19. The highest BCUT2D eigenvalue weighted by Crippen LogP contribution is 2.26. The van der Waals surface area contributed by atoms with Crippen LogP contribution in [0.25, 0.3) is 0 Å². The predicted octanol–water partition coefficient (Wildman–Crippen LogP) is 3.48. The van der Waals surface area contributed by atoms with Gasteiger partial charge in [-0.1, -0.05) is 59.6 Å². The summed E-state index contributed by atoms with van der Waals surface area (Å²) in [5.74, 6) is 0.598. The fourth-order valence-corrected chi connectivity index (χ4v) is 3.75. The first kappa shape index (κ1) is 16.6. The fourth-order valence-electron chi connectivity index (χ4n) is 2.25. The molecule has 23 heavy (non-hydrogen) atoms. The van der Waals surface area contributed by atoms with Crippen molar-refractivity contribution in [2.24, 2.45) is 0 Å². The molecule has 1 aliphatic rings. The molecule has 1 saturated heterocycles. The van der Waals surface area contributed by atoms with E-state index in [1.807, 2.05) is 36.4 Å². The van der Waals surface area contributed by atoms with Gasteiger partial charge in [-0.05, 0) is 23.3 Å². The molecule has 1 aliphatic heterocycles. The largest absolute Gasteiger partial charge is 0.329 e. The van der Waals surface area contributed by atoms with Crippen molar-refractivity contribution < 1.29 is 4.79 Å². The summed E-state index contributed by atoms with van der Waals surface area (Å²) < 4.78 is 0. The molecular formula is C16H15Cl2N3OS. The van der Waals surface area contributed by atoms with Gasteiger partial charge in [0, 0.05) is 15.8 Å². The maximum Gasteiger partial charge on any atom is 0.244 e. The van der Waals surface area contributed by atoms with E-state index in [1.165, 1.54) is 11.8 Å². The molecule has 0 radical (unpaired) electrons. The van der Waals surface area contributed by atoms with Crippen molar-refractivity contribution >= 4 is 40.9 Å². The van der Waals surface area contributed by atoms with Crippen molar-refractivity contribution in [1.29, 1.82) is 0 Å². The van der Waals surface area contributed by atoms with E-state index in [-0.39, 0.29) is 11.4 Å². The van der Waals surface area contributed by atoms with Crippen LogP contribution in [0, 0.1) is 0 Å². The summed E-state index contributed by atoms with van der Waals surface area (Å²) in [6.45, 7) is 0. The molecule has 2 aromatic carbocycles. The standard InChI is InChI=1S/C16H15Cl2N3OS/c17-12-7-6-11(13(18)8-12)9-23-16-19-15(22)14(20-21-16)10-4-2-1-3-5-10/h1-8,14,16,20-21H,9H2,(H,19,22). The zero-order valence-electron chi connectivity index (χ0n) is 12.1. The Morgan fingerprint density at radius 1 is 1.04 bits per heavy atom. The Morgan fingerprint density at radius 2 is 1.83 bits per heavy atom. The second-order valence-electron chi connectivity index (χ2n) is 5.07. The van der Waals surface area contributed by atoms with E-state index >= 15 is 0 Å². The molecule has 2 atom stereocenters. The molecule has 1 amide bonds. The molecule has 1 heterocycles. The van der Waals surface area contributed by atoms with Gasteiger partial charge in [-0.25, -0.2) is 10.9 Å². The van der Waals surface area contributed by atoms with Gasteiger partial charge in [-0.15, -0.1) is 11.8 Å². The quantitative estimate of drug-likeness (QED) is 0.774. The lowest BCUT2D eigenvalue weighted by atomic mass is 10.1. The summed E-state index contributed by atoms with van der Waals surface area (Å²) in [6.07, 6.45) is 0. The van der Waals surface area contributed by atoms with Crippen molar-refractivity contribution in [3.63, 3.8) is 0 Å². The summed E-state index contributed by atoms with van der Waals surface area (Å²) in [4.78, 5) is 12.3. The Morgan fingerprint density at radius 3 is 2.52 bits per heavy atom. The lowest BCUT2D eigenvalue weighted by molar-refractivity contribution is -0.125. The van der Waals surface area contributed by atoms with Crippen LogP contribution in [0.3, 0.4) is 0 Å². The molecule has 0 bridgehead atoms. The number of nitrogens with one attached hydrogen (secondary N) is 3. The molecule has 0 spiro atoms. The molecule has 0 aliphatic carbocycles. The van der Waals surface area contributed by atoms with Gasteiger partial charge in [0.1, 0.15) is 11.5 Å². The average Bonchev–Trinajstić information content (AvgIpc) is 2.55. The van der Waals surface area contributed by atoms with Gasteiger partial charge >= 0.3 is 0 Å². The number of carbonyl (C=O) groups is 1. The van der Waals surface area contributed by atoms with E-state index in [0.29, 0.717) is 15.8 Å². The fraction of sp³-hybridized carbons (Fsp3) is 0.188. The van der Waals surface area contributed by atoms with Crippen LogP contribution in [0.1, 0.15) is 17.2 Å². The normalized spacial score (nSPS) is 21.0. The monoisotopic (exact) mass is 367 g/mol. The van der Waals surface area contributed by atoms with Gasteiger partial charge in [0.2, 0.25) is 5.91 Å². The third kappa shape index (κ3) is 4.19. The highest BCUT2D eigenvalue weighted by Gasteiger charge is 2.28. The molecular weight excluding hydrogens is 353 g/mol. The van der Waals surface area contributed by atoms with Crippen LogP contribution in [-0.4, -0.2) is 11.4 Å². The molecule has 3 N–H and O–H groups in total. The van der Waals surface area contributed by atoms with Gasteiger partial charge in [0.15, 0.2) is 0 Å². The van der Waals surface area contributed by atoms with Gasteiger partial charge in [0.25, 0.3) is 0 Å². The van der Waals surface area contributed by atoms with Crippen LogP contribution >= 0.6 is 35.0 Å². The summed E-state index contributed by atoms with van der Waals surface area (Å²) in [7, 11) is 0. The summed E-state index contributed by atoms with van der Waals surface area (Å²) in [6, 6.07) is 14.6. The maximum absolute atomic E-state index is 12.3. The number of hydrogen-bond donors (Lipinski definition) is 3. The Labute approximate surface area is 148 Å². The SMILES string of the molecule is O=C1NC(SCc2ccc(Cl)cc2Cl)NNC1c1ccccc1. The zero-order valence-corrected chi connectivity index (χ0v) is 14.4. The smallest absolute Gasteiger partial charge is 0.244 e. The third-order valence-corrected chi connectivity index (χ3v) is 5.08. The van der Waals surface area contributed by atoms with Crippen LogP contribution in [0.5, 0.6) is 0 Å². The Kier molecular flexibility index (Phi) is 5.46. The van der Waals surface area contributed by atoms with Crippen molar-refractivity contribution in [2.45, 2.75) is 17.3 Å². The van der Waals surface area contributed by atoms with E-state index in [2.05, 4.69) is 16.2 Å². The second-order valence-corrected chi connectivity index (χ2v) is 7.00. The lowest BCUT2D eigenvalue weighted by Crippen LogP contribution is -2.60. The van der Waals surface area contributed by atoms with Gasteiger partial charge in [0.05, 0.1) is 0 Å². The van der Waals surface area contributed by atoms with E-state index in [1.54, 1.807) is 12.1 Å². The van der Waals surface area contributed by atoms with E-state index in [0.717, 1.165) is 11.1 Å². The third-order valence-electron chi connectivity index (χ3n) is 3.45. The van der Waals surface area contributed by atoms with Crippen LogP contribution in [0.2, 0.25) is 10.0 Å². The molecule has 2 aromatic rings. The molecule has 0 saturated carbocycles. The first-order valence-electron chi connectivity index (χ1n) is 7.05.